The number of rotatable bonds is 5. The standard InChI is InChI=1S/C15H17BrN2/c1-12(7-13-5-3-2-4-6-13)18-10-14-8-15(16)11-17-9-14/h2-6,8-9,11-12,18H,7,10H2,1H3. The molecule has 3 heteroatoms. The topological polar surface area (TPSA) is 24.9 Å². The van der Waals surface area contributed by atoms with Crippen LogP contribution in [0.25, 0.3) is 0 Å². The molecule has 0 saturated carbocycles. The van der Waals surface area contributed by atoms with Crippen molar-refractivity contribution in [3.8, 4) is 0 Å². The fourth-order valence-corrected chi connectivity index (χ4v) is 2.30. The van der Waals surface area contributed by atoms with Crippen molar-refractivity contribution >= 4 is 15.9 Å². The number of nitrogens with zero attached hydrogens (tertiary/aromatic N) is 1. The van der Waals surface area contributed by atoms with Gasteiger partial charge in [-0.15, -0.1) is 0 Å². The summed E-state index contributed by atoms with van der Waals surface area (Å²) in [6.45, 7) is 3.05. The summed E-state index contributed by atoms with van der Waals surface area (Å²) < 4.78 is 1.03. The van der Waals surface area contributed by atoms with Crippen molar-refractivity contribution in [1.82, 2.24) is 10.3 Å². The molecule has 0 aliphatic rings. The van der Waals surface area contributed by atoms with E-state index in [2.05, 4.69) is 69.6 Å². The van der Waals surface area contributed by atoms with E-state index < -0.39 is 0 Å². The lowest BCUT2D eigenvalue weighted by Gasteiger charge is -2.13. The van der Waals surface area contributed by atoms with Gasteiger partial charge >= 0.3 is 0 Å². The average Bonchev–Trinajstić information content (AvgIpc) is 2.38. The van der Waals surface area contributed by atoms with Crippen molar-refractivity contribution < 1.29 is 0 Å². The Bertz CT molecular complexity index is 485. The first-order valence-electron chi connectivity index (χ1n) is 6.11. The lowest BCUT2D eigenvalue weighted by Crippen LogP contribution is -2.27. The summed E-state index contributed by atoms with van der Waals surface area (Å²) in [4.78, 5) is 4.16. The predicted octanol–water partition coefficient (Wildman–Crippen LogP) is 3.56. The highest BCUT2D eigenvalue weighted by atomic mass is 79.9. The van der Waals surface area contributed by atoms with Crippen LogP contribution in [0.3, 0.4) is 0 Å². The summed E-state index contributed by atoms with van der Waals surface area (Å²) in [5, 5.41) is 3.51. The Balaban J connectivity index is 1.83. The Hall–Kier alpha value is -1.19. The van der Waals surface area contributed by atoms with Gasteiger partial charge < -0.3 is 5.32 Å². The molecule has 0 aliphatic heterocycles. The zero-order valence-corrected chi connectivity index (χ0v) is 12.0. The molecule has 0 bridgehead atoms. The third kappa shape index (κ3) is 4.24. The van der Waals surface area contributed by atoms with Crippen LogP contribution in [-0.4, -0.2) is 11.0 Å². The molecule has 1 unspecified atom stereocenters. The van der Waals surface area contributed by atoms with Crippen LogP contribution >= 0.6 is 15.9 Å². The lowest BCUT2D eigenvalue weighted by molar-refractivity contribution is 0.545. The number of benzene rings is 1. The van der Waals surface area contributed by atoms with Crippen LogP contribution in [0.15, 0.2) is 53.3 Å². The number of halogens is 1. The van der Waals surface area contributed by atoms with Crippen LogP contribution in [0.2, 0.25) is 0 Å². The van der Waals surface area contributed by atoms with Crippen molar-refractivity contribution in [2.45, 2.75) is 25.9 Å². The summed E-state index contributed by atoms with van der Waals surface area (Å²) in [7, 11) is 0. The molecule has 2 aromatic rings. The zero-order chi connectivity index (χ0) is 12.8. The van der Waals surface area contributed by atoms with E-state index in [0.29, 0.717) is 6.04 Å². The Labute approximate surface area is 117 Å². The molecule has 0 saturated heterocycles. The Morgan fingerprint density at radius 2 is 1.94 bits per heavy atom. The van der Waals surface area contributed by atoms with E-state index in [1.165, 1.54) is 11.1 Å². The summed E-state index contributed by atoms with van der Waals surface area (Å²) in [5.74, 6) is 0. The van der Waals surface area contributed by atoms with Gasteiger partial charge in [-0.3, -0.25) is 4.98 Å². The number of pyridine rings is 1. The molecule has 0 radical (unpaired) electrons. The second-order valence-electron chi connectivity index (χ2n) is 4.48. The molecule has 1 aromatic heterocycles. The number of aromatic nitrogens is 1. The third-order valence-corrected chi connectivity index (χ3v) is 3.23. The average molecular weight is 305 g/mol. The third-order valence-electron chi connectivity index (χ3n) is 2.80. The quantitative estimate of drug-likeness (QED) is 0.913. The van der Waals surface area contributed by atoms with Crippen LogP contribution in [0.1, 0.15) is 18.1 Å². The van der Waals surface area contributed by atoms with Gasteiger partial charge in [0.1, 0.15) is 0 Å². The van der Waals surface area contributed by atoms with Crippen molar-refractivity contribution in [2.24, 2.45) is 0 Å². The number of nitrogens with one attached hydrogen (secondary N) is 1. The fraction of sp³-hybridized carbons (Fsp3) is 0.267. The van der Waals surface area contributed by atoms with E-state index in [4.69, 9.17) is 0 Å². The first-order valence-corrected chi connectivity index (χ1v) is 6.90. The SMILES string of the molecule is CC(Cc1ccccc1)NCc1cncc(Br)c1. The predicted molar refractivity (Wildman–Crippen MR) is 78.4 cm³/mol. The molecule has 0 spiro atoms. The van der Waals surface area contributed by atoms with Gasteiger partial charge in [0.15, 0.2) is 0 Å². The Kier molecular flexibility index (Phi) is 4.90. The molecule has 0 aliphatic carbocycles. The smallest absolute Gasteiger partial charge is 0.0410 e. The molecule has 1 N–H and O–H groups in total. The van der Waals surface area contributed by atoms with Gasteiger partial charge in [0.2, 0.25) is 0 Å². The van der Waals surface area contributed by atoms with Gasteiger partial charge in [-0.05, 0) is 46.5 Å². The van der Waals surface area contributed by atoms with E-state index in [9.17, 15) is 0 Å². The highest BCUT2D eigenvalue weighted by Crippen LogP contribution is 2.10. The van der Waals surface area contributed by atoms with Gasteiger partial charge in [0.05, 0.1) is 0 Å². The summed E-state index contributed by atoms with van der Waals surface area (Å²) in [6, 6.07) is 13.1. The molecule has 0 fully saturated rings. The van der Waals surface area contributed by atoms with Crippen LogP contribution < -0.4 is 5.32 Å². The minimum atomic E-state index is 0.450. The maximum absolute atomic E-state index is 4.16. The minimum absolute atomic E-state index is 0.450. The largest absolute Gasteiger partial charge is 0.310 e. The zero-order valence-electron chi connectivity index (χ0n) is 10.4. The van der Waals surface area contributed by atoms with Gasteiger partial charge in [0, 0.05) is 29.5 Å². The normalized spacial score (nSPS) is 12.3. The molecule has 2 rings (SSSR count). The molecular formula is C15H17BrN2. The summed E-state index contributed by atoms with van der Waals surface area (Å²) in [6.07, 6.45) is 4.74. The molecule has 0 amide bonds. The minimum Gasteiger partial charge on any atom is -0.310 e. The van der Waals surface area contributed by atoms with Crippen molar-refractivity contribution in [3.63, 3.8) is 0 Å². The van der Waals surface area contributed by atoms with Gasteiger partial charge in [-0.25, -0.2) is 0 Å². The van der Waals surface area contributed by atoms with Crippen LogP contribution in [0.4, 0.5) is 0 Å². The van der Waals surface area contributed by atoms with E-state index in [-0.39, 0.29) is 0 Å². The van der Waals surface area contributed by atoms with Crippen LogP contribution in [0.5, 0.6) is 0 Å². The highest BCUT2D eigenvalue weighted by molar-refractivity contribution is 9.10. The molecular weight excluding hydrogens is 288 g/mol. The van der Waals surface area contributed by atoms with E-state index >= 15 is 0 Å². The molecule has 1 aromatic carbocycles. The van der Waals surface area contributed by atoms with E-state index in [1.54, 1.807) is 6.20 Å². The molecule has 1 heterocycles. The van der Waals surface area contributed by atoms with Gasteiger partial charge in [-0.1, -0.05) is 30.3 Å². The molecule has 2 nitrogen and oxygen atoms in total. The first kappa shape index (κ1) is 13.2. The van der Waals surface area contributed by atoms with Crippen molar-refractivity contribution in [2.75, 3.05) is 0 Å². The molecule has 94 valence electrons. The van der Waals surface area contributed by atoms with Crippen LogP contribution in [-0.2, 0) is 13.0 Å². The van der Waals surface area contributed by atoms with E-state index in [1.807, 2.05) is 6.20 Å². The number of hydrogen-bond donors (Lipinski definition) is 1. The highest BCUT2D eigenvalue weighted by Gasteiger charge is 2.03. The first-order chi connectivity index (χ1) is 8.74. The monoisotopic (exact) mass is 304 g/mol. The lowest BCUT2D eigenvalue weighted by atomic mass is 10.1. The second kappa shape index (κ2) is 6.66. The fourth-order valence-electron chi connectivity index (χ4n) is 1.88. The summed E-state index contributed by atoms with van der Waals surface area (Å²) in [5.41, 5.74) is 2.56. The maximum atomic E-state index is 4.16. The van der Waals surface area contributed by atoms with Gasteiger partial charge in [0.25, 0.3) is 0 Å². The summed E-state index contributed by atoms with van der Waals surface area (Å²) >= 11 is 3.43. The van der Waals surface area contributed by atoms with Crippen molar-refractivity contribution in [3.05, 3.63) is 64.4 Å². The van der Waals surface area contributed by atoms with Gasteiger partial charge in [-0.2, -0.15) is 0 Å². The van der Waals surface area contributed by atoms with Crippen molar-refractivity contribution in [1.29, 1.82) is 0 Å². The van der Waals surface area contributed by atoms with Crippen LogP contribution in [0, 0.1) is 0 Å². The number of hydrogen-bond acceptors (Lipinski definition) is 2. The van der Waals surface area contributed by atoms with E-state index in [0.717, 1.165) is 17.4 Å². The second-order valence-corrected chi connectivity index (χ2v) is 5.40. The maximum Gasteiger partial charge on any atom is 0.0410 e. The Morgan fingerprint density at radius 1 is 1.17 bits per heavy atom. The molecule has 18 heavy (non-hydrogen) atoms. The Morgan fingerprint density at radius 3 is 2.67 bits per heavy atom. The molecule has 1 atom stereocenters.